The highest BCUT2D eigenvalue weighted by Crippen LogP contribution is 2.16. The van der Waals surface area contributed by atoms with Gasteiger partial charge < -0.3 is 14.6 Å². The fourth-order valence-electron chi connectivity index (χ4n) is 8.15. The lowest BCUT2D eigenvalue weighted by atomic mass is 10.0. The van der Waals surface area contributed by atoms with Gasteiger partial charge in [0.05, 0.1) is 6.61 Å². The molecular weight excluding hydrogens is 909 g/mol. The zero-order chi connectivity index (χ0) is 53.4. The number of rotatable bonds is 54. The summed E-state index contributed by atoms with van der Waals surface area (Å²) in [6.07, 6.45) is 95.4. The van der Waals surface area contributed by atoms with Gasteiger partial charge in [-0.2, -0.15) is 0 Å². The van der Waals surface area contributed by atoms with Crippen LogP contribution in [0.1, 0.15) is 258 Å². The average molecular weight is 1020 g/mol. The molecule has 0 aromatic rings. The number of aliphatic hydroxyl groups is 1. The molecule has 0 rings (SSSR count). The first-order chi connectivity index (χ1) is 36.6. The van der Waals surface area contributed by atoms with Crippen LogP contribution in [0.15, 0.2) is 146 Å². The third kappa shape index (κ3) is 60.3. The number of carbonyl (C=O) groups excluding carboxylic acids is 2. The van der Waals surface area contributed by atoms with Crippen LogP contribution in [0, 0.1) is 0 Å². The molecule has 0 heterocycles. The molecule has 74 heavy (non-hydrogen) atoms. The molecule has 0 aliphatic rings. The van der Waals surface area contributed by atoms with Gasteiger partial charge in [0.2, 0.25) is 0 Å². The van der Waals surface area contributed by atoms with Crippen molar-refractivity contribution in [2.24, 2.45) is 0 Å². The van der Waals surface area contributed by atoms with Crippen LogP contribution in [0.3, 0.4) is 0 Å². The average Bonchev–Trinajstić information content (AvgIpc) is 3.40. The van der Waals surface area contributed by atoms with Crippen LogP contribution in [-0.2, 0) is 19.1 Å². The monoisotopic (exact) mass is 1020 g/mol. The summed E-state index contributed by atoms with van der Waals surface area (Å²) in [5.74, 6) is -0.607. The molecule has 0 aliphatic carbocycles. The Hall–Kier alpha value is -4.22. The minimum Gasteiger partial charge on any atom is -0.462 e. The lowest BCUT2D eigenvalue weighted by molar-refractivity contribution is -0.161. The summed E-state index contributed by atoms with van der Waals surface area (Å²) < 4.78 is 10.7. The van der Waals surface area contributed by atoms with Crippen LogP contribution < -0.4 is 0 Å². The van der Waals surface area contributed by atoms with E-state index in [1.807, 2.05) is 0 Å². The molecule has 0 bridgehead atoms. The zero-order valence-electron chi connectivity index (χ0n) is 47.8. The molecule has 0 saturated carbocycles. The van der Waals surface area contributed by atoms with E-state index >= 15 is 0 Å². The Kier molecular flexibility index (Phi) is 59.5. The second-order valence-electron chi connectivity index (χ2n) is 19.7. The van der Waals surface area contributed by atoms with Crippen molar-refractivity contribution in [2.45, 2.75) is 264 Å². The first-order valence-electron chi connectivity index (χ1n) is 30.4. The predicted molar refractivity (Wildman–Crippen MR) is 324 cm³/mol. The molecule has 1 unspecified atom stereocenters. The molecule has 418 valence electrons. The number of esters is 2. The van der Waals surface area contributed by atoms with E-state index in [4.69, 9.17) is 9.47 Å². The van der Waals surface area contributed by atoms with E-state index in [1.54, 1.807) is 0 Å². The van der Waals surface area contributed by atoms with Crippen LogP contribution in [0.25, 0.3) is 0 Å². The highest BCUT2D eigenvalue weighted by atomic mass is 16.6. The minimum atomic E-state index is -0.787. The van der Waals surface area contributed by atoms with Crippen molar-refractivity contribution in [3.63, 3.8) is 0 Å². The van der Waals surface area contributed by atoms with Crippen LogP contribution in [0.4, 0.5) is 0 Å². The van der Waals surface area contributed by atoms with Crippen molar-refractivity contribution >= 4 is 11.9 Å². The Morgan fingerprint density at radius 3 is 0.811 bits per heavy atom. The molecule has 1 N–H and O–H groups in total. The van der Waals surface area contributed by atoms with Gasteiger partial charge in [0, 0.05) is 12.8 Å². The van der Waals surface area contributed by atoms with Gasteiger partial charge in [-0.3, -0.25) is 9.59 Å². The van der Waals surface area contributed by atoms with Crippen LogP contribution in [0.5, 0.6) is 0 Å². The van der Waals surface area contributed by atoms with E-state index in [-0.39, 0.29) is 25.2 Å². The third-order valence-electron chi connectivity index (χ3n) is 12.6. The Labute approximate surface area is 457 Å². The van der Waals surface area contributed by atoms with E-state index in [2.05, 4.69) is 160 Å². The zero-order valence-corrected chi connectivity index (χ0v) is 47.8. The SMILES string of the molecule is CC/C=C\C/C=C\C/C=C\C/C=C\C/C=C\C/C=C\C/C=C\CCCCCCCCCCCCCCCCCC(=O)OC(CO)COC(=O)CCCCCCCCC/C=C\C/C=C\C/C=C\C/C=C\C/C=C\CC. The number of allylic oxidation sites excluding steroid dienone is 24. The molecule has 0 spiro atoms. The first-order valence-corrected chi connectivity index (χ1v) is 30.4. The van der Waals surface area contributed by atoms with Crippen LogP contribution >= 0.6 is 0 Å². The number of aliphatic hydroxyl groups excluding tert-OH is 1. The second-order valence-corrected chi connectivity index (χ2v) is 19.7. The van der Waals surface area contributed by atoms with Gasteiger partial charge in [-0.05, 0) is 116 Å². The smallest absolute Gasteiger partial charge is 0.306 e. The second kappa shape index (κ2) is 63.1. The van der Waals surface area contributed by atoms with E-state index in [0.717, 1.165) is 122 Å². The molecule has 0 aliphatic heterocycles. The summed E-state index contributed by atoms with van der Waals surface area (Å²) in [4.78, 5) is 24.6. The predicted octanol–water partition coefficient (Wildman–Crippen LogP) is 21.0. The highest BCUT2D eigenvalue weighted by molar-refractivity contribution is 5.70. The standard InChI is InChI=1S/C69H112O5/c1-3-5-7-9-11-13-15-17-19-21-23-25-27-28-29-30-31-32-33-34-35-36-37-38-39-40-42-44-46-48-50-52-54-56-58-60-62-64-69(72)74-67(65-70)66-73-68(71)63-61-59-57-55-53-51-49-47-45-43-41-26-24-22-20-18-16-14-12-10-8-6-4-2/h5-8,11-14,17-20,23-26,28-29,31-32,34-35,43,45,67,70H,3-4,9-10,15-16,21-22,27,30,33,36-42,44,46-66H2,1-2H3/b7-5-,8-6-,13-11-,14-12-,19-17-,20-18-,25-23-,26-24-,29-28-,32-31-,35-34-,45-43-. The van der Waals surface area contributed by atoms with E-state index in [9.17, 15) is 14.7 Å². The summed E-state index contributed by atoms with van der Waals surface area (Å²) in [7, 11) is 0. The van der Waals surface area contributed by atoms with Crippen molar-refractivity contribution in [1.29, 1.82) is 0 Å². The Bertz CT molecular complexity index is 1580. The number of hydrogen-bond donors (Lipinski definition) is 1. The third-order valence-corrected chi connectivity index (χ3v) is 12.6. The van der Waals surface area contributed by atoms with Gasteiger partial charge in [0.1, 0.15) is 6.61 Å². The van der Waals surface area contributed by atoms with E-state index in [0.29, 0.717) is 12.8 Å². The van der Waals surface area contributed by atoms with E-state index < -0.39 is 6.10 Å². The van der Waals surface area contributed by atoms with Crippen LogP contribution in [-0.4, -0.2) is 36.4 Å². The Morgan fingerprint density at radius 1 is 0.311 bits per heavy atom. The summed E-state index contributed by atoms with van der Waals surface area (Å²) in [5.41, 5.74) is 0. The van der Waals surface area contributed by atoms with Crippen molar-refractivity contribution < 1.29 is 24.2 Å². The van der Waals surface area contributed by atoms with Crippen molar-refractivity contribution in [3.8, 4) is 0 Å². The molecule has 0 amide bonds. The maximum atomic E-state index is 12.3. The fourth-order valence-corrected chi connectivity index (χ4v) is 8.15. The van der Waals surface area contributed by atoms with Crippen molar-refractivity contribution in [2.75, 3.05) is 13.2 Å². The van der Waals surface area contributed by atoms with Crippen molar-refractivity contribution in [3.05, 3.63) is 146 Å². The molecule has 0 aromatic heterocycles. The fraction of sp³-hybridized carbons (Fsp3) is 0.623. The maximum Gasteiger partial charge on any atom is 0.306 e. The van der Waals surface area contributed by atoms with Crippen molar-refractivity contribution in [1.82, 2.24) is 0 Å². The largest absolute Gasteiger partial charge is 0.462 e. The molecular formula is C69H112O5. The van der Waals surface area contributed by atoms with Gasteiger partial charge in [0.15, 0.2) is 6.10 Å². The highest BCUT2D eigenvalue weighted by Gasteiger charge is 2.16. The summed E-state index contributed by atoms with van der Waals surface area (Å²) in [5, 5.41) is 9.67. The summed E-state index contributed by atoms with van der Waals surface area (Å²) >= 11 is 0. The molecule has 5 heteroatoms. The quantitative estimate of drug-likeness (QED) is 0.0373. The van der Waals surface area contributed by atoms with Gasteiger partial charge in [-0.1, -0.05) is 275 Å². The maximum absolute atomic E-state index is 12.3. The number of hydrogen-bond acceptors (Lipinski definition) is 5. The lowest BCUT2D eigenvalue weighted by Crippen LogP contribution is -2.28. The number of unbranched alkanes of at least 4 members (excludes halogenated alkanes) is 22. The lowest BCUT2D eigenvalue weighted by Gasteiger charge is -2.15. The minimum absolute atomic E-state index is 0.0787. The molecule has 0 fully saturated rings. The Balaban J connectivity index is 3.54. The number of carbonyl (C=O) groups is 2. The Morgan fingerprint density at radius 2 is 0.541 bits per heavy atom. The molecule has 0 aromatic carbocycles. The van der Waals surface area contributed by atoms with Gasteiger partial charge >= 0.3 is 11.9 Å². The summed E-state index contributed by atoms with van der Waals surface area (Å²) in [6, 6.07) is 0. The molecule has 5 nitrogen and oxygen atoms in total. The first kappa shape index (κ1) is 69.8. The topological polar surface area (TPSA) is 72.8 Å². The molecule has 0 radical (unpaired) electrons. The van der Waals surface area contributed by atoms with Gasteiger partial charge in [0.25, 0.3) is 0 Å². The summed E-state index contributed by atoms with van der Waals surface area (Å²) in [6.45, 7) is 3.91. The molecule has 0 saturated heterocycles. The van der Waals surface area contributed by atoms with E-state index in [1.165, 1.54) is 109 Å². The van der Waals surface area contributed by atoms with Gasteiger partial charge in [-0.25, -0.2) is 0 Å². The normalized spacial score (nSPS) is 13.3. The number of ether oxygens (including phenoxy) is 2. The van der Waals surface area contributed by atoms with Gasteiger partial charge in [-0.15, -0.1) is 0 Å². The molecule has 1 atom stereocenters. The van der Waals surface area contributed by atoms with Crippen LogP contribution in [0.2, 0.25) is 0 Å².